The lowest BCUT2D eigenvalue weighted by atomic mass is 9.73. The van der Waals surface area contributed by atoms with Gasteiger partial charge in [0, 0.05) is 24.2 Å². The van der Waals surface area contributed by atoms with E-state index in [0.717, 1.165) is 41.7 Å². The van der Waals surface area contributed by atoms with Crippen LogP contribution in [-0.2, 0) is 0 Å². The van der Waals surface area contributed by atoms with Crippen molar-refractivity contribution in [1.29, 1.82) is 0 Å². The van der Waals surface area contributed by atoms with E-state index in [-0.39, 0.29) is 15.9 Å². The van der Waals surface area contributed by atoms with Crippen molar-refractivity contribution >= 4 is 20.8 Å². The normalized spacial score (nSPS) is 29.0. The van der Waals surface area contributed by atoms with Gasteiger partial charge in [-0.05, 0) is 61.1 Å². The summed E-state index contributed by atoms with van der Waals surface area (Å²) < 4.78 is 5.35. The van der Waals surface area contributed by atoms with Gasteiger partial charge in [0.15, 0.2) is 0 Å². The van der Waals surface area contributed by atoms with E-state index in [0.29, 0.717) is 11.8 Å². The summed E-state index contributed by atoms with van der Waals surface area (Å²) in [7, 11) is 1.66. The molecule has 25 heavy (non-hydrogen) atoms. The molecule has 5 rings (SSSR count). The summed E-state index contributed by atoms with van der Waals surface area (Å²) in [6, 6.07) is 7.96. The van der Waals surface area contributed by atoms with E-state index in [1.165, 1.54) is 6.42 Å². The number of fused-ring (bicyclic) bond motifs is 4. The van der Waals surface area contributed by atoms with Gasteiger partial charge < -0.3 is 9.84 Å². The van der Waals surface area contributed by atoms with Gasteiger partial charge in [0.25, 0.3) is 0 Å². The van der Waals surface area contributed by atoms with Crippen LogP contribution in [0.3, 0.4) is 0 Å². The molecule has 0 aliphatic carbocycles. The summed E-state index contributed by atoms with van der Waals surface area (Å²) in [6.07, 6.45) is 5.62. The number of benzene rings is 1. The zero-order chi connectivity index (χ0) is 16.7. The van der Waals surface area contributed by atoms with E-state index in [4.69, 9.17) is 4.74 Å². The van der Waals surface area contributed by atoms with Crippen LogP contribution in [0.15, 0.2) is 43.1 Å². The van der Waals surface area contributed by atoms with Crippen LogP contribution in [-0.4, -0.2) is 41.2 Å². The van der Waals surface area contributed by atoms with Gasteiger partial charge in [-0.25, -0.2) is 0 Å². The number of ether oxygens (including phenoxy) is 1. The third-order valence-corrected chi connectivity index (χ3v) is 5.82. The summed E-state index contributed by atoms with van der Waals surface area (Å²) in [5.74, 6) is 2.01. The smallest absolute Gasteiger partial charge is 0.119 e. The van der Waals surface area contributed by atoms with Crippen molar-refractivity contribution in [3.05, 3.63) is 48.7 Å². The number of piperidine rings is 3. The summed E-state index contributed by atoms with van der Waals surface area (Å²) in [5, 5.41) is 12.1. The van der Waals surface area contributed by atoms with Crippen LogP contribution < -0.4 is 4.74 Å². The molecule has 2 bridgehead atoms. The molecular formula is C20H27N2O2P. The van der Waals surface area contributed by atoms with E-state index >= 15 is 0 Å². The number of nitrogens with zero attached hydrogens (tertiary/aromatic N) is 2. The first-order chi connectivity index (χ1) is 11.7. The Morgan fingerprint density at radius 2 is 2.24 bits per heavy atom. The first kappa shape index (κ1) is 18.3. The lowest BCUT2D eigenvalue weighted by Crippen LogP contribution is -2.54. The number of aliphatic hydroxyl groups excluding tert-OH is 1. The zero-order valence-electron chi connectivity index (χ0n) is 14.8. The van der Waals surface area contributed by atoms with Gasteiger partial charge in [-0.3, -0.25) is 9.88 Å². The van der Waals surface area contributed by atoms with E-state index in [9.17, 15) is 5.11 Å². The predicted molar refractivity (Wildman–Crippen MR) is 106 cm³/mol. The highest BCUT2D eigenvalue weighted by Crippen LogP contribution is 2.42. The number of hydrogen-bond donors (Lipinski definition) is 1. The average molecular weight is 358 g/mol. The molecule has 3 aliphatic heterocycles. The standard InChI is InChI=1S/C20H24N2O2.H3P/c1-3-13-12-22-9-7-14(13)10-19(22)20(23)16-6-8-21-18-5-4-15(24-2)11-17(16)18;/h3-6,8,11,13-14,19-20,23H,1,7,9-10,12H2,2H3;1H3/t13-,14?,19-,20+;/m0./s1. The Bertz CT molecular complexity index is 766. The Kier molecular flexibility index (Phi) is 5.43. The highest BCUT2D eigenvalue weighted by Gasteiger charge is 2.42. The number of rotatable bonds is 4. The van der Waals surface area contributed by atoms with E-state index in [1.807, 2.05) is 24.3 Å². The molecule has 4 nitrogen and oxygen atoms in total. The zero-order valence-corrected chi connectivity index (χ0v) is 16.2. The van der Waals surface area contributed by atoms with Gasteiger partial charge in [-0.15, -0.1) is 6.58 Å². The molecule has 3 aliphatic rings. The van der Waals surface area contributed by atoms with Crippen LogP contribution in [0, 0.1) is 11.8 Å². The van der Waals surface area contributed by atoms with Crippen molar-refractivity contribution in [2.45, 2.75) is 25.0 Å². The molecule has 4 heterocycles. The molecule has 134 valence electrons. The molecule has 3 fully saturated rings. The number of pyridine rings is 1. The van der Waals surface area contributed by atoms with Crippen molar-refractivity contribution in [2.75, 3.05) is 20.2 Å². The molecule has 1 aromatic heterocycles. The van der Waals surface area contributed by atoms with Crippen LogP contribution >= 0.6 is 9.90 Å². The second-order valence-corrected chi connectivity index (χ2v) is 6.97. The number of methoxy groups -OCH3 is 1. The minimum Gasteiger partial charge on any atom is -0.497 e. The number of aromatic nitrogens is 1. The molecule has 0 saturated carbocycles. The molecule has 0 spiro atoms. The summed E-state index contributed by atoms with van der Waals surface area (Å²) in [5.41, 5.74) is 1.85. The van der Waals surface area contributed by atoms with E-state index in [2.05, 4.69) is 22.5 Å². The molecule has 3 saturated heterocycles. The van der Waals surface area contributed by atoms with Crippen LogP contribution in [0.1, 0.15) is 24.5 Å². The van der Waals surface area contributed by atoms with Crippen molar-refractivity contribution in [3.8, 4) is 5.75 Å². The van der Waals surface area contributed by atoms with Gasteiger partial charge in [-0.1, -0.05) is 6.08 Å². The Balaban J connectivity index is 0.00000182. The molecule has 1 N–H and O–H groups in total. The molecule has 0 amide bonds. The molecule has 5 heteroatoms. The molecular weight excluding hydrogens is 331 g/mol. The lowest BCUT2D eigenvalue weighted by Gasteiger charge is -2.50. The Morgan fingerprint density at radius 1 is 1.40 bits per heavy atom. The molecule has 3 unspecified atom stereocenters. The van der Waals surface area contributed by atoms with Gasteiger partial charge in [0.05, 0.1) is 18.7 Å². The third-order valence-electron chi connectivity index (χ3n) is 5.82. The van der Waals surface area contributed by atoms with Gasteiger partial charge in [0.2, 0.25) is 0 Å². The maximum absolute atomic E-state index is 11.2. The molecule has 0 radical (unpaired) electrons. The van der Waals surface area contributed by atoms with Crippen LogP contribution in [0.4, 0.5) is 0 Å². The topological polar surface area (TPSA) is 45.6 Å². The fraction of sp³-hybridized carbons (Fsp3) is 0.450. The van der Waals surface area contributed by atoms with Crippen LogP contribution in [0.5, 0.6) is 5.75 Å². The Labute approximate surface area is 152 Å². The van der Waals surface area contributed by atoms with Gasteiger partial charge in [-0.2, -0.15) is 9.90 Å². The lowest BCUT2D eigenvalue weighted by molar-refractivity contribution is -0.0444. The second kappa shape index (κ2) is 7.41. The van der Waals surface area contributed by atoms with Gasteiger partial charge in [0.1, 0.15) is 5.75 Å². The van der Waals surface area contributed by atoms with Crippen LogP contribution in [0.25, 0.3) is 10.9 Å². The first-order valence-corrected chi connectivity index (χ1v) is 8.68. The Morgan fingerprint density at radius 3 is 2.92 bits per heavy atom. The molecule has 2 aromatic rings. The Hall–Kier alpha value is -1.48. The highest BCUT2D eigenvalue weighted by molar-refractivity contribution is 6.92. The monoisotopic (exact) mass is 358 g/mol. The van der Waals surface area contributed by atoms with E-state index in [1.54, 1.807) is 13.3 Å². The van der Waals surface area contributed by atoms with Crippen LogP contribution in [0.2, 0.25) is 0 Å². The largest absolute Gasteiger partial charge is 0.497 e. The predicted octanol–water partition coefficient (Wildman–Crippen LogP) is 3.23. The summed E-state index contributed by atoms with van der Waals surface area (Å²) >= 11 is 0. The molecule has 6 atom stereocenters. The quantitative estimate of drug-likeness (QED) is 0.673. The first-order valence-electron chi connectivity index (χ1n) is 8.68. The maximum Gasteiger partial charge on any atom is 0.119 e. The summed E-state index contributed by atoms with van der Waals surface area (Å²) in [4.78, 5) is 6.86. The average Bonchev–Trinajstić information content (AvgIpc) is 2.66. The fourth-order valence-corrected chi connectivity index (χ4v) is 4.44. The highest BCUT2D eigenvalue weighted by atomic mass is 31.0. The minimum atomic E-state index is -0.504. The van der Waals surface area contributed by atoms with Crippen molar-refractivity contribution in [3.63, 3.8) is 0 Å². The summed E-state index contributed by atoms with van der Waals surface area (Å²) in [6.45, 7) is 6.07. The van der Waals surface area contributed by atoms with E-state index < -0.39 is 6.10 Å². The van der Waals surface area contributed by atoms with Crippen molar-refractivity contribution < 1.29 is 9.84 Å². The number of hydrogen-bond acceptors (Lipinski definition) is 4. The number of aliphatic hydroxyl groups is 1. The SMILES string of the molecule is C=C[C@H]1CN2CCC1C[C@H]2[C@H](O)c1ccnc2ccc(OC)cc12.P. The van der Waals surface area contributed by atoms with Crippen molar-refractivity contribution in [2.24, 2.45) is 11.8 Å². The van der Waals surface area contributed by atoms with Gasteiger partial charge >= 0.3 is 0 Å². The minimum absolute atomic E-state index is 0. The van der Waals surface area contributed by atoms with Crippen molar-refractivity contribution in [1.82, 2.24) is 9.88 Å². The second-order valence-electron chi connectivity index (χ2n) is 6.97. The fourth-order valence-electron chi connectivity index (χ4n) is 4.44. The molecule has 1 aromatic carbocycles. The maximum atomic E-state index is 11.2. The third kappa shape index (κ3) is 3.19.